The fourth-order valence-electron chi connectivity index (χ4n) is 7.07. The molecule has 12 nitrogen and oxygen atoms in total. The van der Waals surface area contributed by atoms with Gasteiger partial charge in [-0.25, -0.2) is 0 Å². The third-order valence-corrected chi connectivity index (χ3v) is 10.5. The van der Waals surface area contributed by atoms with Crippen molar-refractivity contribution in [2.45, 2.75) is 87.3 Å². The Bertz CT molecular complexity index is 1210. The van der Waals surface area contributed by atoms with Crippen molar-refractivity contribution < 1.29 is 44.7 Å². The molecule has 2 fully saturated rings. The minimum atomic E-state index is -1.27. The number of carboxylic acid groups (broad SMARTS) is 2. The average Bonchev–Trinajstić information content (AvgIpc) is 3.24. The minimum absolute atomic E-state index is 0.0883. The van der Waals surface area contributed by atoms with E-state index < -0.39 is 42.4 Å². The second-order valence-electron chi connectivity index (χ2n) is 11.7. The number of nitrogens with two attached hydrogens (primary N) is 1. The number of carbonyl (C=O) groups is 4. The molecule has 41 heavy (non-hydrogen) atoms. The Morgan fingerprint density at radius 2 is 1.85 bits per heavy atom. The molecule has 2 saturated carbocycles. The molecule has 226 valence electrons. The summed E-state index contributed by atoms with van der Waals surface area (Å²) in [6, 6.07) is -0.604. The van der Waals surface area contributed by atoms with Crippen molar-refractivity contribution in [1.29, 1.82) is 0 Å². The first-order valence-electron chi connectivity index (χ1n) is 14.0. The first-order valence-corrected chi connectivity index (χ1v) is 15.0. The summed E-state index contributed by atoms with van der Waals surface area (Å²) in [5.74, 6) is -3.63. The van der Waals surface area contributed by atoms with E-state index in [1.807, 2.05) is 6.07 Å². The van der Waals surface area contributed by atoms with Gasteiger partial charge in [-0.1, -0.05) is 6.92 Å². The van der Waals surface area contributed by atoms with Crippen molar-refractivity contribution >= 4 is 35.5 Å². The Hall–Kier alpha value is -3.03. The summed E-state index contributed by atoms with van der Waals surface area (Å²) in [4.78, 5) is 47.4. The molecule has 1 aromatic rings. The van der Waals surface area contributed by atoms with E-state index in [1.54, 1.807) is 0 Å². The van der Waals surface area contributed by atoms with Crippen LogP contribution in [0.2, 0.25) is 0 Å². The monoisotopic (exact) mass is 596 g/mol. The van der Waals surface area contributed by atoms with Gasteiger partial charge in [-0.2, -0.15) is 0 Å². The predicted octanol–water partition coefficient (Wildman–Crippen LogP) is 1.28. The number of phenols is 2. The lowest BCUT2D eigenvalue weighted by molar-refractivity contribution is -0.139. The predicted molar refractivity (Wildman–Crippen MR) is 149 cm³/mol. The second-order valence-corrected chi connectivity index (χ2v) is 12.8. The Morgan fingerprint density at radius 1 is 1.12 bits per heavy atom. The van der Waals surface area contributed by atoms with Gasteiger partial charge >= 0.3 is 11.9 Å². The molecule has 0 saturated heterocycles. The molecular weight excluding hydrogens is 557 g/mol. The van der Waals surface area contributed by atoms with Crippen molar-refractivity contribution in [1.82, 2.24) is 10.6 Å². The third-order valence-electron chi connectivity index (χ3n) is 9.36. The zero-order valence-corrected chi connectivity index (χ0v) is 23.8. The molecule has 9 N–H and O–H groups in total. The van der Waals surface area contributed by atoms with Crippen molar-refractivity contribution in [3.8, 4) is 11.5 Å². The van der Waals surface area contributed by atoms with E-state index in [2.05, 4.69) is 17.6 Å². The number of carboxylic acids is 2. The number of phenolic OH excluding ortho intramolecular Hbond substituents is 2. The van der Waals surface area contributed by atoms with Gasteiger partial charge in [-0.15, -0.1) is 11.8 Å². The zero-order valence-electron chi connectivity index (χ0n) is 23.0. The number of fused-ring (bicyclic) bond motifs is 5. The van der Waals surface area contributed by atoms with Crippen LogP contribution in [0.5, 0.6) is 11.5 Å². The van der Waals surface area contributed by atoms with Gasteiger partial charge in [0.15, 0.2) is 11.5 Å². The van der Waals surface area contributed by atoms with Gasteiger partial charge in [-0.05, 0) is 79.7 Å². The van der Waals surface area contributed by atoms with E-state index in [0.29, 0.717) is 28.7 Å². The van der Waals surface area contributed by atoms with E-state index in [1.165, 1.54) is 0 Å². The molecule has 0 unspecified atom stereocenters. The molecule has 3 aliphatic rings. The first-order chi connectivity index (χ1) is 19.3. The van der Waals surface area contributed by atoms with Gasteiger partial charge in [0.25, 0.3) is 0 Å². The van der Waals surface area contributed by atoms with E-state index in [0.717, 1.165) is 49.4 Å². The quantitative estimate of drug-likeness (QED) is 0.103. The maximum atomic E-state index is 12.7. The number of aliphatic hydroxyl groups excluding tert-OH is 1. The number of aliphatic carboxylic acids is 2. The lowest BCUT2D eigenvalue weighted by Crippen LogP contribution is -2.49. The van der Waals surface area contributed by atoms with Crippen LogP contribution >= 0.6 is 11.8 Å². The fourth-order valence-corrected chi connectivity index (χ4v) is 8.10. The highest BCUT2D eigenvalue weighted by molar-refractivity contribution is 7.99. The number of carbonyl (C=O) groups excluding carboxylic acids is 2. The number of thioether (sulfide) groups is 1. The Balaban J connectivity index is 1.52. The third kappa shape index (κ3) is 6.41. The highest BCUT2D eigenvalue weighted by Crippen LogP contribution is 2.62. The van der Waals surface area contributed by atoms with E-state index >= 15 is 0 Å². The largest absolute Gasteiger partial charge is 0.504 e. The number of amides is 2. The molecule has 13 heteroatoms. The van der Waals surface area contributed by atoms with Crippen LogP contribution in [0.3, 0.4) is 0 Å². The van der Waals surface area contributed by atoms with Crippen LogP contribution in [-0.2, 0) is 25.6 Å². The summed E-state index contributed by atoms with van der Waals surface area (Å²) < 4.78 is 0. The number of hydrogen-bond acceptors (Lipinski definition) is 9. The highest BCUT2D eigenvalue weighted by Gasteiger charge is 2.54. The number of rotatable bonds is 11. The van der Waals surface area contributed by atoms with E-state index in [-0.39, 0.29) is 47.5 Å². The summed E-state index contributed by atoms with van der Waals surface area (Å²) >= 11 is 1.04. The van der Waals surface area contributed by atoms with Crippen LogP contribution in [0, 0.1) is 17.3 Å². The molecule has 0 heterocycles. The molecule has 3 aliphatic carbocycles. The normalized spacial score (nSPS) is 28.0. The van der Waals surface area contributed by atoms with E-state index in [9.17, 15) is 34.5 Å². The summed E-state index contributed by atoms with van der Waals surface area (Å²) in [5.41, 5.74) is 7.02. The van der Waals surface area contributed by atoms with Crippen LogP contribution in [0.15, 0.2) is 11.0 Å². The summed E-state index contributed by atoms with van der Waals surface area (Å²) in [5, 5.41) is 55.1. The van der Waals surface area contributed by atoms with E-state index in [4.69, 9.17) is 15.9 Å². The van der Waals surface area contributed by atoms with Crippen molar-refractivity contribution in [2.75, 3.05) is 12.3 Å². The molecule has 2 amide bonds. The fraction of sp³-hybridized carbons (Fsp3) is 0.643. The van der Waals surface area contributed by atoms with Gasteiger partial charge in [0.1, 0.15) is 18.6 Å². The SMILES string of the molecule is C[C@]12CC[C@@H]3c4cc(SC[C@H]([15NH]C(=O)CC[C@H]([15NH2])C(=O)O)C(=O)[15NH]CC(=O)O)c(O)c(O)c4CC[C@H]3[C@@H]1CC[C@@H]2O. The lowest BCUT2D eigenvalue weighted by Gasteiger charge is -2.50. The maximum Gasteiger partial charge on any atom is 0.322 e. The topological polar surface area (TPSA) is 220 Å². The smallest absolute Gasteiger partial charge is 0.322 e. The Labute approximate surface area is 242 Å². The number of nitrogens with one attached hydrogen (secondary N) is 2. The van der Waals surface area contributed by atoms with Gasteiger partial charge in [0, 0.05) is 17.7 Å². The number of benzene rings is 1. The average molecular weight is 597 g/mol. The zero-order chi connectivity index (χ0) is 30.1. The summed E-state index contributed by atoms with van der Waals surface area (Å²) in [6.07, 6.45) is 4.22. The molecule has 0 aliphatic heterocycles. The Kier molecular flexibility index (Phi) is 9.39. The first kappa shape index (κ1) is 30.9. The van der Waals surface area contributed by atoms with Crippen LogP contribution in [0.1, 0.15) is 68.9 Å². The lowest BCUT2D eigenvalue weighted by atomic mass is 9.55. The van der Waals surface area contributed by atoms with Crippen LogP contribution in [0.25, 0.3) is 0 Å². The molecule has 0 radical (unpaired) electrons. The van der Waals surface area contributed by atoms with Gasteiger partial charge in [-0.3, -0.25) is 19.2 Å². The highest BCUT2D eigenvalue weighted by atomic mass is 32.2. The molecule has 0 aromatic heterocycles. The molecule has 7 atom stereocenters. The standard InChI is InChI=1S/C28H39N3O9S/c1-28-9-8-13-14(17(28)4-6-21(28)32)2-3-15-16(13)10-20(25(37)24(15)36)41-12-19(26(38)30-11-23(34)35)31-22(33)7-5-18(29)27(39)40/h10,13-14,17-19,21,32,36-37H,2-9,11-12,29H2,1H3,(H,30,38)(H,31,33)(H,34,35)(H,39,40)/t13-,14+,17-,18-,19-,21-,28-/m0/s1/i29+1,30+1,31+1. The second kappa shape index (κ2) is 12.5. The van der Waals surface area contributed by atoms with Gasteiger partial charge in [0.2, 0.25) is 11.8 Å². The molecule has 4 rings (SSSR count). The maximum absolute atomic E-state index is 12.7. The number of hydrogen-bond donors (Lipinski definition) is 8. The molecule has 1 aromatic carbocycles. The van der Waals surface area contributed by atoms with Crippen LogP contribution < -0.4 is 16.4 Å². The summed E-state index contributed by atoms with van der Waals surface area (Å²) in [7, 11) is 0. The van der Waals surface area contributed by atoms with Gasteiger partial charge < -0.3 is 41.9 Å². The molecular formula is C28H39N3O9S. The van der Waals surface area contributed by atoms with Crippen LogP contribution in [-0.4, -0.2) is 79.8 Å². The van der Waals surface area contributed by atoms with Crippen LogP contribution in [0.4, 0.5) is 0 Å². The number of aromatic hydroxyl groups is 2. The minimum Gasteiger partial charge on any atom is -0.504 e. The number of aliphatic hydroxyl groups is 1. The summed E-state index contributed by atoms with van der Waals surface area (Å²) in [6.45, 7) is 1.51. The van der Waals surface area contributed by atoms with Crippen molar-refractivity contribution in [2.24, 2.45) is 23.0 Å². The molecule has 0 bridgehead atoms. The van der Waals surface area contributed by atoms with Crippen molar-refractivity contribution in [3.05, 3.63) is 17.2 Å². The van der Waals surface area contributed by atoms with Crippen molar-refractivity contribution in [3.63, 3.8) is 0 Å². The molecule has 0 spiro atoms. The van der Waals surface area contributed by atoms with Gasteiger partial charge in [0.05, 0.1) is 11.0 Å². The Morgan fingerprint density at radius 3 is 2.54 bits per heavy atom.